The lowest BCUT2D eigenvalue weighted by molar-refractivity contribution is -0.127. The lowest BCUT2D eigenvalue weighted by Gasteiger charge is -2.05. The second-order valence-corrected chi connectivity index (χ2v) is 3.49. The minimum Gasteiger partial charge on any atom is -0.366 e. The molecule has 1 fully saturated rings. The molecule has 0 spiro atoms. The van der Waals surface area contributed by atoms with Crippen LogP contribution in [0.1, 0.15) is 26.7 Å². The Morgan fingerprint density at radius 3 is 2.14 bits per heavy atom. The van der Waals surface area contributed by atoms with Crippen molar-refractivity contribution in [1.82, 2.24) is 0 Å². The zero-order valence-electron chi connectivity index (χ0n) is 8.73. The minimum atomic E-state index is -1.50. The van der Waals surface area contributed by atoms with Gasteiger partial charge >= 0.3 is 0 Å². The molecule has 0 aromatic heterocycles. The third kappa shape index (κ3) is 7.95. The molecule has 0 bridgehead atoms. The molecule has 2 atom stereocenters. The molecule has 5 nitrogen and oxygen atoms in total. The zero-order chi connectivity index (χ0) is 11.2. The number of hydrogen-bond acceptors (Lipinski definition) is 5. The summed E-state index contributed by atoms with van der Waals surface area (Å²) in [5, 5.41) is 24.5. The first-order valence-corrected chi connectivity index (χ1v) is 4.39. The Labute approximate surface area is 83.9 Å². The van der Waals surface area contributed by atoms with Gasteiger partial charge in [-0.25, -0.2) is 0 Å². The monoisotopic (exact) mass is 203 g/mol. The van der Waals surface area contributed by atoms with Crippen LogP contribution in [0.3, 0.4) is 0 Å². The van der Waals surface area contributed by atoms with Crippen LogP contribution in [0.15, 0.2) is 0 Å². The summed E-state index contributed by atoms with van der Waals surface area (Å²) in [6, 6.07) is 2.03. The molecule has 82 valence electrons. The van der Waals surface area contributed by atoms with E-state index in [2.05, 4.69) is 0 Å². The summed E-state index contributed by atoms with van der Waals surface area (Å²) in [7, 11) is 1.59. The molecule has 2 unspecified atom stereocenters. The van der Waals surface area contributed by atoms with Gasteiger partial charge in [0.2, 0.25) is 0 Å². The average molecular weight is 203 g/mol. The molecule has 2 N–H and O–H groups in total. The van der Waals surface area contributed by atoms with E-state index in [1.807, 2.05) is 6.07 Å². The second kappa shape index (κ2) is 5.94. The molecule has 1 aliphatic heterocycles. The summed E-state index contributed by atoms with van der Waals surface area (Å²) >= 11 is 0. The van der Waals surface area contributed by atoms with Crippen molar-refractivity contribution in [2.45, 2.75) is 44.9 Å². The van der Waals surface area contributed by atoms with Crippen molar-refractivity contribution in [2.75, 3.05) is 7.11 Å². The Hall–Kier alpha value is -0.670. The van der Waals surface area contributed by atoms with Crippen molar-refractivity contribution < 1.29 is 19.7 Å². The maximum atomic E-state index is 8.35. The van der Waals surface area contributed by atoms with E-state index in [9.17, 15) is 0 Å². The van der Waals surface area contributed by atoms with Gasteiger partial charge in [0.25, 0.3) is 0 Å². The fraction of sp³-hybridized carbons (Fsp3) is 0.889. The normalized spacial score (nSPS) is 26.3. The highest BCUT2D eigenvalue weighted by atomic mass is 16.7. The van der Waals surface area contributed by atoms with Crippen LogP contribution in [0.2, 0.25) is 0 Å². The second-order valence-electron chi connectivity index (χ2n) is 3.49. The molecular weight excluding hydrogens is 186 g/mol. The average Bonchev–Trinajstić information content (AvgIpc) is 2.48. The fourth-order valence-corrected chi connectivity index (χ4v) is 0.875. The van der Waals surface area contributed by atoms with Gasteiger partial charge in [-0.05, 0) is 20.3 Å². The number of ether oxygens (including phenoxy) is 2. The Bertz CT molecular complexity index is 188. The quantitative estimate of drug-likeness (QED) is 0.601. The molecule has 0 amide bonds. The molecule has 1 rings (SSSR count). The van der Waals surface area contributed by atoms with Crippen LogP contribution in [-0.2, 0) is 9.47 Å². The lowest BCUT2D eigenvalue weighted by atomic mass is 10.2. The summed E-state index contributed by atoms with van der Waals surface area (Å²) in [6.07, 6.45) is 1.26. The summed E-state index contributed by atoms with van der Waals surface area (Å²) in [5.41, 5.74) is 0. The van der Waals surface area contributed by atoms with Gasteiger partial charge in [0.15, 0.2) is 12.1 Å². The standard InChI is InChI=1S/C6H9NO2.C3H8O2/c1-8-6-3-2-5(4-7)9-6;1-3(2,4)5/h5-6H,2-3H2,1H3;4-5H,1-2H3. The molecule has 1 heterocycles. The molecule has 0 saturated carbocycles. The maximum absolute atomic E-state index is 8.35. The number of methoxy groups -OCH3 is 1. The molecule has 0 aromatic carbocycles. The van der Waals surface area contributed by atoms with E-state index in [-0.39, 0.29) is 12.4 Å². The maximum Gasteiger partial charge on any atom is 0.159 e. The molecule has 0 aliphatic carbocycles. The van der Waals surface area contributed by atoms with Gasteiger partial charge in [-0.2, -0.15) is 5.26 Å². The Morgan fingerprint density at radius 1 is 1.43 bits per heavy atom. The number of nitriles is 1. The van der Waals surface area contributed by atoms with Gasteiger partial charge in [-0.1, -0.05) is 0 Å². The van der Waals surface area contributed by atoms with Crippen LogP contribution in [0, 0.1) is 11.3 Å². The van der Waals surface area contributed by atoms with Crippen molar-refractivity contribution in [1.29, 1.82) is 5.26 Å². The number of nitrogens with zero attached hydrogens (tertiary/aromatic N) is 1. The third-order valence-electron chi connectivity index (χ3n) is 1.39. The zero-order valence-corrected chi connectivity index (χ0v) is 8.73. The molecular formula is C9H17NO4. The Balaban J connectivity index is 0.000000292. The highest BCUT2D eigenvalue weighted by molar-refractivity contribution is 4.87. The van der Waals surface area contributed by atoms with Gasteiger partial charge in [0.1, 0.15) is 6.10 Å². The van der Waals surface area contributed by atoms with E-state index in [1.165, 1.54) is 13.8 Å². The smallest absolute Gasteiger partial charge is 0.159 e. The van der Waals surface area contributed by atoms with Gasteiger partial charge in [-0.15, -0.1) is 0 Å². The van der Waals surface area contributed by atoms with Crippen molar-refractivity contribution in [3.63, 3.8) is 0 Å². The van der Waals surface area contributed by atoms with E-state index in [1.54, 1.807) is 7.11 Å². The van der Waals surface area contributed by atoms with Crippen molar-refractivity contribution in [2.24, 2.45) is 0 Å². The highest BCUT2D eigenvalue weighted by Gasteiger charge is 2.23. The SMILES string of the molecule is CC(C)(O)O.COC1CCC(C#N)O1. The van der Waals surface area contributed by atoms with E-state index < -0.39 is 5.79 Å². The topological polar surface area (TPSA) is 82.7 Å². The van der Waals surface area contributed by atoms with E-state index in [0.717, 1.165) is 12.8 Å². The van der Waals surface area contributed by atoms with Gasteiger partial charge in [0.05, 0.1) is 6.07 Å². The fourth-order valence-electron chi connectivity index (χ4n) is 0.875. The first-order valence-electron chi connectivity index (χ1n) is 4.39. The molecule has 0 radical (unpaired) electrons. The van der Waals surface area contributed by atoms with E-state index in [0.29, 0.717) is 0 Å². The Morgan fingerprint density at radius 2 is 1.93 bits per heavy atom. The first-order chi connectivity index (χ1) is 6.36. The third-order valence-corrected chi connectivity index (χ3v) is 1.39. The summed E-state index contributed by atoms with van der Waals surface area (Å²) in [4.78, 5) is 0. The molecule has 5 heteroatoms. The van der Waals surface area contributed by atoms with E-state index >= 15 is 0 Å². The molecule has 0 aromatic rings. The molecule has 1 aliphatic rings. The van der Waals surface area contributed by atoms with Crippen molar-refractivity contribution in [3.05, 3.63) is 0 Å². The predicted molar refractivity (Wildman–Crippen MR) is 49.0 cm³/mol. The number of rotatable bonds is 1. The van der Waals surface area contributed by atoms with Crippen LogP contribution >= 0.6 is 0 Å². The van der Waals surface area contributed by atoms with Crippen LogP contribution in [-0.4, -0.2) is 35.5 Å². The molecule has 14 heavy (non-hydrogen) atoms. The van der Waals surface area contributed by atoms with Crippen LogP contribution in [0.4, 0.5) is 0 Å². The lowest BCUT2D eigenvalue weighted by Crippen LogP contribution is -2.15. The largest absolute Gasteiger partial charge is 0.366 e. The summed E-state index contributed by atoms with van der Waals surface area (Å²) in [5.74, 6) is -1.50. The number of hydrogen-bond donors (Lipinski definition) is 2. The number of aliphatic hydroxyl groups is 2. The van der Waals surface area contributed by atoms with Gasteiger partial charge in [0, 0.05) is 13.5 Å². The van der Waals surface area contributed by atoms with Gasteiger partial charge in [-0.3, -0.25) is 0 Å². The minimum absolute atomic E-state index is 0.144. The van der Waals surface area contributed by atoms with Crippen molar-refractivity contribution in [3.8, 4) is 6.07 Å². The highest BCUT2D eigenvalue weighted by Crippen LogP contribution is 2.18. The Kier molecular flexibility index (Phi) is 5.65. The van der Waals surface area contributed by atoms with Crippen molar-refractivity contribution >= 4 is 0 Å². The predicted octanol–water partition coefficient (Wildman–Crippen LogP) is 0.369. The van der Waals surface area contributed by atoms with Gasteiger partial charge < -0.3 is 19.7 Å². The van der Waals surface area contributed by atoms with E-state index in [4.69, 9.17) is 24.9 Å². The summed E-state index contributed by atoms with van der Waals surface area (Å²) in [6.45, 7) is 2.60. The molecule has 1 saturated heterocycles. The van der Waals surface area contributed by atoms with Crippen LogP contribution in [0.25, 0.3) is 0 Å². The van der Waals surface area contributed by atoms with Crippen LogP contribution < -0.4 is 0 Å². The summed E-state index contributed by atoms with van der Waals surface area (Å²) < 4.78 is 9.95. The first kappa shape index (κ1) is 13.3. The van der Waals surface area contributed by atoms with Crippen LogP contribution in [0.5, 0.6) is 0 Å².